The molecular formula is CH4O3S. The molecule has 5 heavy (non-hydrogen) atoms. The predicted octanol–water partition coefficient (Wildman–Crippen LogP) is -0.496. The lowest BCUT2D eigenvalue weighted by molar-refractivity contribution is 0.490. The first-order valence-electron chi connectivity index (χ1n) is 1.32. The normalized spacial score (nSPS) is 14.2. The highest BCUT2D eigenvalue weighted by Crippen LogP contribution is 1.60. The van der Waals surface area contributed by atoms with Gasteiger partial charge in [-0.3, -0.25) is 4.56 Å². The molecule has 0 aliphatic carbocycles. The summed E-state index contributed by atoms with van der Waals surface area (Å²) in [4.78, 5) is 0. The minimum atomic E-state index is -3.50. The monoisotopic (exact) mass is 97.0 g/mol. The molecule has 0 atom stereocenters. The van der Waals surface area contributed by atoms with Gasteiger partial charge in [-0.1, -0.05) is 0 Å². The average Bonchev–Trinajstić information content (AvgIpc) is 1.35. The van der Waals surface area contributed by atoms with Crippen LogP contribution < -0.4 is 0 Å². The molecule has 0 saturated heterocycles. The summed E-state index contributed by atoms with van der Waals surface area (Å²) >= 11 is 0. The highest BCUT2D eigenvalue weighted by molar-refractivity contribution is 7.85. The molecule has 1 N–H and O–H groups in total. The van der Waals surface area contributed by atoms with Crippen LogP contribution in [0.25, 0.3) is 1.43 Å². The standard InChI is InChI=1S/CH4O3S/c1-5(2,3)4/h1H3,(H,2,3,4)/i/hD. The quantitative estimate of drug-likeness (QED) is 0.449. The van der Waals surface area contributed by atoms with Crippen molar-refractivity contribution in [2.75, 3.05) is 6.26 Å². The second-order valence-corrected chi connectivity index (χ2v) is 2.11. The first kappa shape index (κ1) is 3.11. The van der Waals surface area contributed by atoms with Crippen LogP contribution in [0.3, 0.4) is 0 Å². The highest BCUT2D eigenvalue weighted by Gasteiger charge is 1.81. The lowest BCUT2D eigenvalue weighted by atomic mass is 12.0. The van der Waals surface area contributed by atoms with Crippen LogP contribution in [0.4, 0.5) is 0 Å². The average molecular weight is 97.1 g/mol. The second kappa shape index (κ2) is 0.948. The Kier molecular flexibility index (Phi) is 0.590. The van der Waals surface area contributed by atoms with E-state index in [-0.39, 0.29) is 0 Å². The van der Waals surface area contributed by atoms with Crippen LogP contribution in [0.5, 0.6) is 0 Å². The Bertz CT molecular complexity index is 113. The summed E-state index contributed by atoms with van der Waals surface area (Å²) < 4.78 is 28.1. The van der Waals surface area contributed by atoms with Gasteiger partial charge in [0.25, 0.3) is 10.1 Å². The van der Waals surface area contributed by atoms with E-state index in [1.165, 1.54) is 0 Å². The van der Waals surface area contributed by atoms with Crippen LogP contribution in [-0.4, -0.2) is 19.2 Å². The summed E-state index contributed by atoms with van der Waals surface area (Å²) in [5.41, 5.74) is 0. The molecule has 0 radical (unpaired) electrons. The first-order valence-corrected chi connectivity index (χ1v) is 2.72. The third-order valence-electron chi connectivity index (χ3n) is 0. The molecule has 0 spiro atoms. The van der Waals surface area contributed by atoms with Gasteiger partial charge in [0.05, 0.1) is 6.26 Å². The Morgan fingerprint density at radius 3 is 2.20 bits per heavy atom. The van der Waals surface area contributed by atoms with Crippen LogP contribution in [0.1, 0.15) is 0 Å². The molecule has 0 fully saturated rings. The lowest BCUT2D eigenvalue weighted by Crippen LogP contribution is -1.88. The second-order valence-electron chi connectivity index (χ2n) is 0.704. The van der Waals surface area contributed by atoms with E-state index in [9.17, 15) is 8.42 Å². The highest BCUT2D eigenvalue weighted by atomic mass is 32.2. The molecule has 0 aliphatic rings. The molecule has 32 valence electrons. The van der Waals surface area contributed by atoms with Crippen LogP contribution in [0, 0.1) is 0 Å². The molecule has 0 rings (SSSR count). The van der Waals surface area contributed by atoms with Crippen molar-refractivity contribution in [2.45, 2.75) is 0 Å². The number of rotatable bonds is 1. The van der Waals surface area contributed by atoms with E-state index in [1.807, 2.05) is 0 Å². The summed E-state index contributed by atoms with van der Waals surface area (Å²) in [6.07, 6.45) is 0.806. The van der Waals surface area contributed by atoms with E-state index in [1.54, 1.807) is 0 Å². The van der Waals surface area contributed by atoms with E-state index in [0.29, 0.717) is 0 Å². The molecule has 0 saturated carbocycles. The van der Waals surface area contributed by atoms with Crippen molar-refractivity contribution in [3.05, 3.63) is 0 Å². The van der Waals surface area contributed by atoms with E-state index < -0.39 is 10.1 Å². The lowest BCUT2D eigenvalue weighted by Gasteiger charge is -1.69. The van der Waals surface area contributed by atoms with E-state index in [2.05, 4.69) is 4.56 Å². The minimum absolute atomic E-state index is 0.806. The van der Waals surface area contributed by atoms with Gasteiger partial charge in [0.1, 0.15) is 0 Å². The molecule has 0 bridgehead atoms. The van der Waals surface area contributed by atoms with E-state index in [0.717, 1.165) is 6.26 Å². The zero-order valence-electron chi connectivity index (χ0n) is 3.63. The fraction of sp³-hybridized carbons (Fsp3) is 1.00. The molecule has 0 unspecified atom stereocenters. The van der Waals surface area contributed by atoms with Gasteiger partial charge in [-0.2, -0.15) is 8.42 Å². The Labute approximate surface area is 31.9 Å². The molecule has 0 amide bonds. The molecule has 0 aliphatic heterocycles. The summed E-state index contributed by atoms with van der Waals surface area (Å²) in [6.45, 7) is 0. The molecule has 0 heterocycles. The van der Waals surface area contributed by atoms with Gasteiger partial charge in [-0.15, -0.1) is 0 Å². The zero-order chi connectivity index (χ0) is 5.21. The fourth-order valence-electron chi connectivity index (χ4n) is 0. The third-order valence-corrected chi connectivity index (χ3v) is 0. The zero-order valence-corrected chi connectivity index (χ0v) is 3.45. The topological polar surface area (TPSA) is 54.4 Å². The van der Waals surface area contributed by atoms with Crippen molar-refractivity contribution in [3.63, 3.8) is 0 Å². The van der Waals surface area contributed by atoms with Crippen molar-refractivity contribution in [2.24, 2.45) is 0 Å². The summed E-state index contributed by atoms with van der Waals surface area (Å²) in [5.74, 6) is 0. The largest absolute Gasteiger partial charge is 0.286 e. The summed E-state index contributed by atoms with van der Waals surface area (Å²) in [5, 5.41) is 0. The van der Waals surface area contributed by atoms with Gasteiger partial charge < -0.3 is 0 Å². The fourth-order valence-corrected chi connectivity index (χ4v) is 0. The number of hydrogen-bond acceptors (Lipinski definition) is 3. The Morgan fingerprint density at radius 1 is 2.00 bits per heavy atom. The van der Waals surface area contributed by atoms with Crippen molar-refractivity contribution in [1.29, 1.82) is 1.43 Å². The predicted molar refractivity (Wildman–Crippen MR) is 17.5 cm³/mol. The molecule has 0 aromatic heterocycles. The molecule has 0 aromatic carbocycles. The summed E-state index contributed by atoms with van der Waals surface area (Å²) in [6, 6.07) is 0. The van der Waals surface area contributed by atoms with Gasteiger partial charge in [0, 0.05) is 0 Å². The van der Waals surface area contributed by atoms with Crippen molar-refractivity contribution in [3.8, 4) is 0 Å². The Morgan fingerprint density at radius 2 is 2.20 bits per heavy atom. The van der Waals surface area contributed by atoms with Gasteiger partial charge in [-0.25, -0.2) is 0 Å². The minimum Gasteiger partial charge on any atom is -0.286 e. The maximum absolute atomic E-state index is 9.59. The molecular weight excluding hydrogens is 92.1 g/mol. The van der Waals surface area contributed by atoms with E-state index >= 15 is 0 Å². The molecule has 4 heteroatoms. The van der Waals surface area contributed by atoms with Crippen LogP contribution in [0.2, 0.25) is 0 Å². The molecule has 0 aromatic rings. The first-order chi connectivity index (χ1) is 2.56. The van der Waals surface area contributed by atoms with Crippen LogP contribution in [0.15, 0.2) is 0 Å². The third kappa shape index (κ3) is 1760. The van der Waals surface area contributed by atoms with Crippen molar-refractivity contribution < 1.29 is 13.0 Å². The Balaban J connectivity index is 3.85. The van der Waals surface area contributed by atoms with Gasteiger partial charge in [0.2, 0.25) is 1.43 Å². The van der Waals surface area contributed by atoms with Crippen LogP contribution in [-0.2, 0) is 10.1 Å². The van der Waals surface area contributed by atoms with Gasteiger partial charge >= 0.3 is 0 Å². The van der Waals surface area contributed by atoms with Crippen LogP contribution >= 0.6 is 0 Å². The smallest absolute Gasteiger partial charge is 0.261 e. The number of hydrogen-bond donors (Lipinski definition) is 1. The Hall–Kier alpha value is -0.0900. The van der Waals surface area contributed by atoms with Crippen molar-refractivity contribution in [1.82, 2.24) is 0 Å². The van der Waals surface area contributed by atoms with Gasteiger partial charge in [-0.05, 0) is 0 Å². The molecule has 3 nitrogen and oxygen atoms in total. The van der Waals surface area contributed by atoms with Gasteiger partial charge in [0.15, 0.2) is 0 Å². The SMILES string of the molecule is [2H]OS(C)(=O)=O. The maximum Gasteiger partial charge on any atom is 0.261 e. The van der Waals surface area contributed by atoms with E-state index in [4.69, 9.17) is 1.43 Å². The summed E-state index contributed by atoms with van der Waals surface area (Å²) in [7, 11) is -3.50. The van der Waals surface area contributed by atoms with Crippen molar-refractivity contribution >= 4 is 10.1 Å². The maximum atomic E-state index is 9.59.